The van der Waals surface area contributed by atoms with Crippen LogP contribution >= 0.6 is 0 Å². The molecule has 148 valence electrons. The third-order valence-corrected chi connectivity index (χ3v) is 4.90. The van der Waals surface area contributed by atoms with Crippen LogP contribution in [0.5, 0.6) is 5.75 Å². The van der Waals surface area contributed by atoms with Gasteiger partial charge in [-0.1, -0.05) is 30.3 Å². The van der Waals surface area contributed by atoms with E-state index in [4.69, 9.17) is 4.74 Å². The summed E-state index contributed by atoms with van der Waals surface area (Å²) in [5, 5.41) is 0. The van der Waals surface area contributed by atoms with Crippen molar-refractivity contribution in [1.82, 2.24) is 19.5 Å². The Morgan fingerprint density at radius 3 is 2.66 bits per heavy atom. The van der Waals surface area contributed by atoms with Crippen molar-refractivity contribution in [3.05, 3.63) is 74.4 Å². The summed E-state index contributed by atoms with van der Waals surface area (Å²) in [6.07, 6.45) is 1.69. The number of nitrogens with one attached hydrogen (secondary N) is 1. The van der Waals surface area contributed by atoms with Gasteiger partial charge >= 0.3 is 5.69 Å². The maximum atomic E-state index is 12.3. The molecule has 29 heavy (non-hydrogen) atoms. The molecule has 0 amide bonds. The molecule has 0 aromatic heterocycles. The third kappa shape index (κ3) is 3.76. The number of benzene rings is 2. The second-order valence-corrected chi connectivity index (χ2v) is 6.94. The van der Waals surface area contributed by atoms with Gasteiger partial charge in [-0.05, 0) is 43.9 Å². The molecule has 0 saturated heterocycles. The molecular formula is C22H22N4O3. The van der Waals surface area contributed by atoms with E-state index in [0.29, 0.717) is 24.5 Å². The van der Waals surface area contributed by atoms with E-state index in [1.165, 1.54) is 5.56 Å². The number of aryl methyl sites for hydroxylation is 3. The molecule has 2 aromatic rings. The van der Waals surface area contributed by atoms with Crippen LogP contribution in [-0.2, 0) is 13.0 Å². The lowest BCUT2D eigenvalue weighted by atomic mass is 10.1. The van der Waals surface area contributed by atoms with Crippen molar-refractivity contribution in [3.63, 3.8) is 0 Å². The van der Waals surface area contributed by atoms with Gasteiger partial charge in [0.25, 0.3) is 5.56 Å². The fourth-order valence-electron chi connectivity index (χ4n) is 3.55. The first-order chi connectivity index (χ1) is 14.1. The molecule has 0 radical (unpaired) electrons. The van der Waals surface area contributed by atoms with Gasteiger partial charge < -0.3 is 9.30 Å². The average molecular weight is 390 g/mol. The van der Waals surface area contributed by atoms with Gasteiger partial charge in [-0.25, -0.2) is 9.78 Å². The highest BCUT2D eigenvalue weighted by Crippen LogP contribution is 2.28. The first-order valence-corrected chi connectivity index (χ1v) is 9.68. The molecule has 7 heteroatoms. The number of hydrogen-bond acceptors (Lipinski definition) is 5. The second kappa shape index (κ2) is 7.87. The Balaban J connectivity index is 1.85. The molecule has 0 spiro atoms. The summed E-state index contributed by atoms with van der Waals surface area (Å²) in [5.41, 5.74) is 2.60. The number of aromatic nitrogens is 4. The van der Waals surface area contributed by atoms with Crippen LogP contribution in [0.3, 0.4) is 0 Å². The Hall–Kier alpha value is -3.48. The number of aromatic amines is 1. The monoisotopic (exact) mass is 390 g/mol. The van der Waals surface area contributed by atoms with Crippen molar-refractivity contribution in [1.29, 1.82) is 0 Å². The highest BCUT2D eigenvalue weighted by molar-refractivity contribution is 5.82. The van der Waals surface area contributed by atoms with Crippen LogP contribution in [0, 0.1) is 6.92 Å². The normalized spacial score (nSPS) is 11.2. The molecule has 0 atom stereocenters. The molecule has 0 unspecified atom stereocenters. The van der Waals surface area contributed by atoms with Gasteiger partial charge in [0.15, 0.2) is 11.5 Å². The largest absolute Gasteiger partial charge is 0.494 e. The van der Waals surface area contributed by atoms with Crippen LogP contribution in [0.15, 0.2) is 52.1 Å². The maximum absolute atomic E-state index is 12.3. The SMILES string of the molecule is CCOc1cc2c(cc1C)nc1c(=O)[nH]c(=O)nc-1n2CCCc1ccccc1. The minimum Gasteiger partial charge on any atom is -0.494 e. The molecule has 0 aliphatic carbocycles. The number of hydrogen-bond donors (Lipinski definition) is 1. The average Bonchev–Trinajstić information content (AvgIpc) is 2.70. The number of rotatable bonds is 6. The molecule has 0 bridgehead atoms. The molecule has 0 fully saturated rings. The van der Waals surface area contributed by atoms with E-state index < -0.39 is 11.2 Å². The van der Waals surface area contributed by atoms with Crippen molar-refractivity contribution in [2.24, 2.45) is 0 Å². The standard InChI is InChI=1S/C22H22N4O3/c1-3-29-18-13-17-16(12-14(18)2)23-19-20(24-22(28)25-21(19)27)26(17)11-7-10-15-8-5-4-6-9-15/h4-6,8-9,12-13H,3,7,10-11H2,1-2H3,(H,25,27,28). The molecule has 2 aromatic carbocycles. The summed E-state index contributed by atoms with van der Waals surface area (Å²) in [6.45, 7) is 5.01. The molecule has 1 N–H and O–H groups in total. The topological polar surface area (TPSA) is 89.9 Å². The lowest BCUT2D eigenvalue weighted by Gasteiger charge is -2.18. The smallest absolute Gasteiger partial charge is 0.349 e. The fraction of sp³-hybridized carbons (Fsp3) is 0.273. The first kappa shape index (κ1) is 18.9. The minimum absolute atomic E-state index is 0.167. The Bertz CT molecular complexity index is 1240. The lowest BCUT2D eigenvalue weighted by Crippen LogP contribution is -2.29. The summed E-state index contributed by atoms with van der Waals surface area (Å²) in [5.74, 6) is 1.05. The molecule has 2 aliphatic rings. The minimum atomic E-state index is -0.669. The van der Waals surface area contributed by atoms with Crippen molar-refractivity contribution >= 4 is 11.0 Å². The summed E-state index contributed by atoms with van der Waals surface area (Å²) >= 11 is 0. The van der Waals surface area contributed by atoms with Crippen LogP contribution in [0.4, 0.5) is 0 Å². The highest BCUT2D eigenvalue weighted by Gasteiger charge is 2.19. The van der Waals surface area contributed by atoms with Crippen molar-refractivity contribution < 1.29 is 4.74 Å². The predicted molar refractivity (Wildman–Crippen MR) is 112 cm³/mol. The van der Waals surface area contributed by atoms with E-state index >= 15 is 0 Å². The fourth-order valence-corrected chi connectivity index (χ4v) is 3.55. The van der Waals surface area contributed by atoms with Gasteiger partial charge in [-0.15, -0.1) is 0 Å². The Kier molecular flexibility index (Phi) is 5.12. The van der Waals surface area contributed by atoms with E-state index in [9.17, 15) is 9.59 Å². The van der Waals surface area contributed by atoms with Gasteiger partial charge in [-0.2, -0.15) is 4.98 Å². The third-order valence-electron chi connectivity index (χ3n) is 4.90. The van der Waals surface area contributed by atoms with Crippen molar-refractivity contribution in [3.8, 4) is 17.3 Å². The summed E-state index contributed by atoms with van der Waals surface area (Å²) < 4.78 is 7.64. The van der Waals surface area contributed by atoms with Gasteiger partial charge in [-0.3, -0.25) is 9.78 Å². The number of H-pyrrole nitrogens is 1. The number of nitrogens with zero attached hydrogens (tertiary/aromatic N) is 3. The Labute approximate surface area is 167 Å². The lowest BCUT2D eigenvalue weighted by molar-refractivity contribution is 0.338. The van der Waals surface area contributed by atoms with E-state index in [1.54, 1.807) is 0 Å². The zero-order valence-electron chi connectivity index (χ0n) is 16.4. The summed E-state index contributed by atoms with van der Waals surface area (Å²) in [4.78, 5) is 35.0. The summed E-state index contributed by atoms with van der Waals surface area (Å²) in [7, 11) is 0. The molecule has 7 nitrogen and oxygen atoms in total. The van der Waals surface area contributed by atoms with Crippen LogP contribution in [0.25, 0.3) is 22.6 Å². The van der Waals surface area contributed by atoms with Gasteiger partial charge in [0.2, 0.25) is 0 Å². The van der Waals surface area contributed by atoms with Gasteiger partial charge in [0, 0.05) is 12.6 Å². The van der Waals surface area contributed by atoms with Crippen molar-refractivity contribution in [2.75, 3.05) is 6.61 Å². The molecule has 0 saturated carbocycles. The second-order valence-electron chi connectivity index (χ2n) is 6.94. The predicted octanol–water partition coefficient (Wildman–Crippen LogP) is 2.92. The molecular weight excluding hydrogens is 368 g/mol. The summed E-state index contributed by atoms with van der Waals surface area (Å²) in [6, 6.07) is 14.0. The highest BCUT2D eigenvalue weighted by atomic mass is 16.5. The van der Waals surface area contributed by atoms with Crippen LogP contribution in [0.1, 0.15) is 24.5 Å². The molecule has 2 heterocycles. The zero-order chi connectivity index (χ0) is 20.4. The molecule has 2 aliphatic heterocycles. The van der Waals surface area contributed by atoms with Gasteiger partial charge in [0.1, 0.15) is 5.75 Å². The Morgan fingerprint density at radius 1 is 1.10 bits per heavy atom. The molecule has 4 rings (SSSR count). The van der Waals surface area contributed by atoms with Crippen LogP contribution in [0.2, 0.25) is 0 Å². The van der Waals surface area contributed by atoms with E-state index in [1.807, 2.05) is 48.7 Å². The van der Waals surface area contributed by atoms with Gasteiger partial charge in [0.05, 0.1) is 17.6 Å². The van der Waals surface area contributed by atoms with E-state index in [2.05, 4.69) is 27.1 Å². The quantitative estimate of drug-likeness (QED) is 0.511. The Morgan fingerprint density at radius 2 is 1.90 bits per heavy atom. The number of ether oxygens (including phenoxy) is 1. The maximum Gasteiger partial charge on any atom is 0.349 e. The van der Waals surface area contributed by atoms with E-state index in [-0.39, 0.29) is 5.69 Å². The van der Waals surface area contributed by atoms with Crippen molar-refractivity contribution in [2.45, 2.75) is 33.2 Å². The zero-order valence-corrected chi connectivity index (χ0v) is 16.4. The van der Waals surface area contributed by atoms with Crippen LogP contribution in [-0.4, -0.2) is 26.1 Å². The van der Waals surface area contributed by atoms with Crippen LogP contribution < -0.4 is 16.0 Å². The van der Waals surface area contributed by atoms with E-state index in [0.717, 1.165) is 29.7 Å². The number of fused-ring (bicyclic) bond motifs is 2. The first-order valence-electron chi connectivity index (χ1n) is 9.68.